The third kappa shape index (κ3) is 8.75. The van der Waals surface area contributed by atoms with Crippen LogP contribution in [0.25, 0.3) is 22.0 Å². The average molecular weight is 765 g/mol. The third-order valence-corrected chi connectivity index (χ3v) is 10.6. The SMILES string of the molecule is CNC(=O)c1cnc2ccc(-c3ccc(C(=O)NCCCCCC(=O)CCc4cccc5c4CN(C4CCC(=O)NC4=O)C5=O)cc3)cc2c1Nc1ccccc1. The van der Waals surface area contributed by atoms with Gasteiger partial charge in [0.05, 0.1) is 16.8 Å². The van der Waals surface area contributed by atoms with Gasteiger partial charge >= 0.3 is 0 Å². The van der Waals surface area contributed by atoms with Gasteiger partial charge < -0.3 is 20.9 Å². The molecule has 290 valence electrons. The fourth-order valence-corrected chi connectivity index (χ4v) is 7.50. The highest BCUT2D eigenvalue weighted by Gasteiger charge is 2.39. The molecule has 57 heavy (non-hydrogen) atoms. The van der Waals surface area contributed by atoms with Crippen LogP contribution in [0.15, 0.2) is 97.2 Å². The first-order valence-electron chi connectivity index (χ1n) is 19.3. The summed E-state index contributed by atoms with van der Waals surface area (Å²) in [5, 5.41) is 12.2. The molecule has 1 aromatic heterocycles. The smallest absolute Gasteiger partial charge is 0.255 e. The van der Waals surface area contributed by atoms with Crippen LogP contribution in [0.3, 0.4) is 0 Å². The number of benzene rings is 4. The lowest BCUT2D eigenvalue weighted by Crippen LogP contribution is -2.52. The molecule has 12 heteroatoms. The number of nitrogens with zero attached hydrogens (tertiary/aromatic N) is 2. The molecule has 0 radical (unpaired) electrons. The molecule has 12 nitrogen and oxygen atoms in total. The third-order valence-electron chi connectivity index (χ3n) is 10.6. The van der Waals surface area contributed by atoms with Crippen LogP contribution in [0.5, 0.6) is 0 Å². The summed E-state index contributed by atoms with van der Waals surface area (Å²) in [6.07, 6.45) is 5.63. The standard InChI is InChI=1S/C45H44N6O6/c1-46-43(55)36-26-48-38-21-19-31(25-35(38)41(36)49-32-10-4-2-5-11-32)28-14-16-30(17-15-28)42(54)47-24-7-3-6-12-33(52)20-18-29-9-8-13-34-37(29)27-51(45(34)57)39-22-23-40(53)50-44(39)56/h2,4-5,8-11,13-17,19,21,25-26,39H,3,6-7,12,18,20,22-24,27H2,1H3,(H,46,55)(H,47,54)(H,48,49)(H,50,53,56). The topological polar surface area (TPSA) is 167 Å². The summed E-state index contributed by atoms with van der Waals surface area (Å²) >= 11 is 0. The molecule has 4 N–H and O–H groups in total. The van der Waals surface area contributed by atoms with E-state index < -0.39 is 11.9 Å². The number of hydrogen-bond acceptors (Lipinski definition) is 8. The number of amides is 5. The Morgan fingerprint density at radius 3 is 2.40 bits per heavy atom. The number of piperidine rings is 1. The molecule has 0 spiro atoms. The molecule has 2 aliphatic rings. The number of carbonyl (C=O) groups excluding carboxylic acids is 6. The number of ketones is 1. The van der Waals surface area contributed by atoms with Gasteiger partial charge in [0.1, 0.15) is 11.8 Å². The van der Waals surface area contributed by atoms with E-state index >= 15 is 0 Å². The van der Waals surface area contributed by atoms with Gasteiger partial charge in [-0.3, -0.25) is 39.1 Å². The van der Waals surface area contributed by atoms with Gasteiger partial charge in [0.25, 0.3) is 17.7 Å². The van der Waals surface area contributed by atoms with Crippen LogP contribution >= 0.6 is 0 Å². The van der Waals surface area contributed by atoms with Crippen molar-refractivity contribution in [1.82, 2.24) is 25.8 Å². The van der Waals surface area contributed by atoms with Crippen molar-refractivity contribution >= 4 is 57.6 Å². The van der Waals surface area contributed by atoms with Gasteiger partial charge in [-0.25, -0.2) is 0 Å². The summed E-state index contributed by atoms with van der Waals surface area (Å²) in [6.45, 7) is 0.782. The van der Waals surface area contributed by atoms with Crippen molar-refractivity contribution in [2.24, 2.45) is 0 Å². The van der Waals surface area contributed by atoms with Crippen LogP contribution in [-0.2, 0) is 27.3 Å². The van der Waals surface area contributed by atoms with Crippen LogP contribution in [0.2, 0.25) is 0 Å². The Balaban J connectivity index is 0.870. The highest BCUT2D eigenvalue weighted by molar-refractivity contribution is 6.09. The second-order valence-electron chi connectivity index (χ2n) is 14.4. The average Bonchev–Trinajstić information content (AvgIpc) is 3.57. The Bertz CT molecular complexity index is 2360. The molecule has 1 unspecified atom stereocenters. The Morgan fingerprint density at radius 2 is 1.63 bits per heavy atom. The van der Waals surface area contributed by atoms with E-state index in [2.05, 4.69) is 26.3 Å². The fraction of sp³-hybridized carbons (Fsp3) is 0.267. The van der Waals surface area contributed by atoms with Gasteiger partial charge in [-0.1, -0.05) is 55.0 Å². The molecule has 4 aromatic carbocycles. The summed E-state index contributed by atoms with van der Waals surface area (Å²) in [5.41, 5.74) is 7.35. The van der Waals surface area contributed by atoms with Crippen molar-refractivity contribution in [3.8, 4) is 11.1 Å². The predicted octanol–water partition coefficient (Wildman–Crippen LogP) is 6.26. The van der Waals surface area contributed by atoms with Crippen molar-refractivity contribution in [2.45, 2.75) is 64.0 Å². The maximum absolute atomic E-state index is 13.1. The van der Waals surface area contributed by atoms with Gasteiger partial charge in [-0.05, 0) is 90.4 Å². The van der Waals surface area contributed by atoms with Gasteiger partial charge in [0.2, 0.25) is 11.8 Å². The Morgan fingerprint density at radius 1 is 0.842 bits per heavy atom. The maximum atomic E-state index is 13.1. The summed E-state index contributed by atoms with van der Waals surface area (Å²) < 4.78 is 0. The van der Waals surface area contributed by atoms with E-state index in [4.69, 9.17) is 0 Å². The second kappa shape index (κ2) is 17.4. The fourth-order valence-electron chi connectivity index (χ4n) is 7.50. The largest absolute Gasteiger partial charge is 0.355 e. The highest BCUT2D eigenvalue weighted by atomic mass is 16.2. The van der Waals surface area contributed by atoms with E-state index in [0.717, 1.165) is 51.7 Å². The molecule has 0 saturated carbocycles. The van der Waals surface area contributed by atoms with Gasteiger partial charge in [-0.15, -0.1) is 0 Å². The molecule has 1 saturated heterocycles. The number of rotatable bonds is 15. The number of fused-ring (bicyclic) bond motifs is 2. The lowest BCUT2D eigenvalue weighted by molar-refractivity contribution is -0.137. The molecule has 2 aliphatic heterocycles. The first-order valence-corrected chi connectivity index (χ1v) is 19.3. The molecule has 5 amide bonds. The number of aryl methyl sites for hydroxylation is 1. The van der Waals surface area contributed by atoms with E-state index in [1.807, 2.05) is 72.8 Å². The summed E-state index contributed by atoms with van der Waals surface area (Å²) in [4.78, 5) is 81.7. The quantitative estimate of drug-likeness (QED) is 0.0717. The van der Waals surface area contributed by atoms with E-state index in [0.29, 0.717) is 67.6 Å². The Hall–Kier alpha value is -6.69. The number of hydrogen-bond donors (Lipinski definition) is 4. The number of para-hydroxylation sites is 1. The van der Waals surface area contributed by atoms with Crippen molar-refractivity contribution in [1.29, 1.82) is 0 Å². The first-order chi connectivity index (χ1) is 27.7. The predicted molar refractivity (Wildman–Crippen MR) is 217 cm³/mol. The Kier molecular flexibility index (Phi) is 11.8. The zero-order chi connectivity index (χ0) is 39.9. The van der Waals surface area contributed by atoms with Crippen molar-refractivity contribution < 1.29 is 28.8 Å². The monoisotopic (exact) mass is 764 g/mol. The molecule has 0 bridgehead atoms. The van der Waals surface area contributed by atoms with Crippen molar-refractivity contribution in [2.75, 3.05) is 18.9 Å². The van der Waals surface area contributed by atoms with Gasteiger partial charge in [0.15, 0.2) is 0 Å². The highest BCUT2D eigenvalue weighted by Crippen LogP contribution is 2.33. The number of carbonyl (C=O) groups is 6. The van der Waals surface area contributed by atoms with Crippen LogP contribution in [0.4, 0.5) is 11.4 Å². The lowest BCUT2D eigenvalue weighted by Gasteiger charge is -2.29. The lowest BCUT2D eigenvalue weighted by atomic mass is 9.97. The van der Waals surface area contributed by atoms with Gasteiger partial charge in [-0.2, -0.15) is 0 Å². The molecular weight excluding hydrogens is 721 g/mol. The van der Waals surface area contributed by atoms with E-state index in [1.54, 1.807) is 31.4 Å². The maximum Gasteiger partial charge on any atom is 0.255 e. The van der Waals surface area contributed by atoms with Crippen molar-refractivity contribution in [3.63, 3.8) is 0 Å². The van der Waals surface area contributed by atoms with Crippen LogP contribution in [-0.4, -0.2) is 64.8 Å². The number of nitrogens with one attached hydrogen (secondary N) is 4. The van der Waals surface area contributed by atoms with E-state index in [1.165, 1.54) is 4.90 Å². The van der Waals surface area contributed by atoms with Crippen LogP contribution < -0.4 is 21.3 Å². The number of pyridine rings is 1. The Labute approximate surface area is 330 Å². The van der Waals surface area contributed by atoms with Crippen LogP contribution in [0, 0.1) is 0 Å². The summed E-state index contributed by atoms with van der Waals surface area (Å²) in [6, 6.07) is 27.7. The minimum absolute atomic E-state index is 0.140. The molecule has 3 heterocycles. The van der Waals surface area contributed by atoms with E-state index in [-0.39, 0.29) is 35.8 Å². The molecular formula is C45H44N6O6. The normalized spacial score (nSPS) is 14.9. The molecule has 5 aromatic rings. The number of Topliss-reactive ketones (excluding diaryl/α,β-unsaturated/α-hetero) is 1. The first kappa shape index (κ1) is 38.6. The number of imide groups is 1. The summed E-state index contributed by atoms with van der Waals surface area (Å²) in [7, 11) is 1.59. The molecule has 1 fully saturated rings. The van der Waals surface area contributed by atoms with E-state index in [9.17, 15) is 28.8 Å². The molecule has 7 rings (SSSR count). The van der Waals surface area contributed by atoms with Crippen molar-refractivity contribution in [3.05, 3.63) is 125 Å². The minimum Gasteiger partial charge on any atom is -0.355 e. The van der Waals surface area contributed by atoms with Crippen LogP contribution in [0.1, 0.15) is 87.1 Å². The van der Waals surface area contributed by atoms with Gasteiger partial charge in [0, 0.05) is 67.8 Å². The minimum atomic E-state index is -0.673. The number of unbranched alkanes of at least 4 members (excludes halogenated alkanes) is 2. The molecule has 0 aliphatic carbocycles. The zero-order valence-electron chi connectivity index (χ0n) is 31.7. The molecule has 1 atom stereocenters. The second-order valence-corrected chi connectivity index (χ2v) is 14.4. The number of aromatic nitrogens is 1. The zero-order valence-corrected chi connectivity index (χ0v) is 31.7. The number of anilines is 2. The summed E-state index contributed by atoms with van der Waals surface area (Å²) in [5.74, 6) is -1.27.